The second-order valence-electron chi connectivity index (χ2n) is 5.49. The highest BCUT2D eigenvalue weighted by Gasteiger charge is 2.31. The maximum atomic E-state index is 11.8. The molecule has 1 aliphatic rings. The topological polar surface area (TPSA) is 78.1 Å². The first-order valence-electron chi connectivity index (χ1n) is 7.21. The van der Waals surface area contributed by atoms with Gasteiger partial charge in [0.05, 0.1) is 17.9 Å². The van der Waals surface area contributed by atoms with Crippen LogP contribution in [0.25, 0.3) is 0 Å². The molecular formula is C16H18N4O2. The standard InChI is InChI=1S/C16H18N4O2/c1-10-14(8-18-19-16(10)22)20-9-12-5-3-4-6-13(12)15(20)7-17-11(2)21/h3-6,8,15H,7,9H2,1-2H3,(H,17,21)(H,19,22). The van der Waals surface area contributed by atoms with E-state index >= 15 is 0 Å². The minimum absolute atomic E-state index is 0.00222. The Bertz CT molecular complexity index is 769. The van der Waals surface area contributed by atoms with Crippen LogP contribution in [0, 0.1) is 6.92 Å². The summed E-state index contributed by atoms with van der Waals surface area (Å²) in [5.41, 5.74) is 3.63. The summed E-state index contributed by atoms with van der Waals surface area (Å²) in [5.74, 6) is -0.0647. The molecule has 1 unspecified atom stereocenters. The minimum atomic E-state index is -0.188. The molecule has 0 radical (unpaired) electrons. The number of H-pyrrole nitrogens is 1. The van der Waals surface area contributed by atoms with Gasteiger partial charge in [0.2, 0.25) is 5.91 Å². The van der Waals surface area contributed by atoms with E-state index in [0.29, 0.717) is 18.7 Å². The lowest BCUT2D eigenvalue weighted by Gasteiger charge is -2.28. The van der Waals surface area contributed by atoms with Crippen molar-refractivity contribution in [3.05, 3.63) is 57.5 Å². The molecule has 22 heavy (non-hydrogen) atoms. The Labute approximate surface area is 128 Å². The van der Waals surface area contributed by atoms with Crippen LogP contribution in [0.5, 0.6) is 0 Å². The predicted octanol–water partition coefficient (Wildman–Crippen LogP) is 1.28. The average molecular weight is 298 g/mol. The number of carbonyl (C=O) groups is 1. The van der Waals surface area contributed by atoms with E-state index in [-0.39, 0.29) is 17.5 Å². The smallest absolute Gasteiger partial charge is 0.269 e. The molecule has 0 bridgehead atoms. The number of amides is 1. The number of nitrogens with zero attached hydrogens (tertiary/aromatic N) is 2. The summed E-state index contributed by atoms with van der Waals surface area (Å²) in [6.45, 7) is 4.49. The minimum Gasteiger partial charge on any atom is -0.357 e. The van der Waals surface area contributed by atoms with Crippen molar-refractivity contribution < 1.29 is 4.79 Å². The fourth-order valence-electron chi connectivity index (χ4n) is 2.92. The molecule has 2 N–H and O–H groups in total. The van der Waals surface area contributed by atoms with Gasteiger partial charge in [-0.05, 0) is 18.1 Å². The Morgan fingerprint density at radius 2 is 2.23 bits per heavy atom. The summed E-state index contributed by atoms with van der Waals surface area (Å²) in [6.07, 6.45) is 1.67. The molecule has 0 saturated heterocycles. The van der Waals surface area contributed by atoms with Gasteiger partial charge in [-0.1, -0.05) is 24.3 Å². The van der Waals surface area contributed by atoms with Gasteiger partial charge in [-0.25, -0.2) is 5.10 Å². The monoisotopic (exact) mass is 298 g/mol. The number of hydrogen-bond donors (Lipinski definition) is 2. The molecule has 0 saturated carbocycles. The van der Waals surface area contributed by atoms with E-state index in [2.05, 4.69) is 32.5 Å². The number of anilines is 1. The number of hydrogen-bond acceptors (Lipinski definition) is 4. The Balaban J connectivity index is 2.01. The van der Waals surface area contributed by atoms with E-state index in [0.717, 1.165) is 5.69 Å². The van der Waals surface area contributed by atoms with E-state index in [1.54, 1.807) is 13.1 Å². The zero-order chi connectivity index (χ0) is 15.7. The maximum absolute atomic E-state index is 11.8. The number of fused-ring (bicyclic) bond motifs is 1. The van der Waals surface area contributed by atoms with Crippen LogP contribution in [0.15, 0.2) is 35.3 Å². The molecule has 2 aromatic rings. The van der Waals surface area contributed by atoms with Crippen LogP contribution in [-0.4, -0.2) is 22.6 Å². The van der Waals surface area contributed by atoms with Gasteiger partial charge in [0.1, 0.15) is 0 Å². The Hall–Kier alpha value is -2.63. The van der Waals surface area contributed by atoms with Crippen molar-refractivity contribution >= 4 is 11.6 Å². The van der Waals surface area contributed by atoms with Gasteiger partial charge in [-0.2, -0.15) is 5.10 Å². The van der Waals surface area contributed by atoms with Crippen molar-refractivity contribution in [2.75, 3.05) is 11.4 Å². The molecule has 114 valence electrons. The number of rotatable bonds is 3. The quantitative estimate of drug-likeness (QED) is 0.894. The molecule has 2 heterocycles. The fourth-order valence-corrected chi connectivity index (χ4v) is 2.92. The van der Waals surface area contributed by atoms with Gasteiger partial charge in [-0.15, -0.1) is 0 Å². The third-order valence-electron chi connectivity index (χ3n) is 4.06. The average Bonchev–Trinajstić information content (AvgIpc) is 2.86. The fraction of sp³-hybridized carbons (Fsp3) is 0.312. The van der Waals surface area contributed by atoms with Crippen molar-refractivity contribution in [2.45, 2.75) is 26.4 Å². The summed E-state index contributed by atoms with van der Waals surface area (Å²) in [5, 5.41) is 9.24. The molecule has 1 aromatic heterocycles. The summed E-state index contributed by atoms with van der Waals surface area (Å²) >= 11 is 0. The first kappa shape index (κ1) is 14.3. The summed E-state index contributed by atoms with van der Waals surface area (Å²) in [6, 6.07) is 8.14. The molecule has 1 atom stereocenters. The van der Waals surface area contributed by atoms with Gasteiger partial charge in [0.25, 0.3) is 5.56 Å². The Morgan fingerprint density at radius 3 is 3.00 bits per heavy atom. The van der Waals surface area contributed by atoms with Crippen LogP contribution in [0.1, 0.15) is 29.7 Å². The van der Waals surface area contributed by atoms with E-state index < -0.39 is 0 Å². The van der Waals surface area contributed by atoms with E-state index in [9.17, 15) is 9.59 Å². The number of aromatic nitrogens is 2. The number of aromatic amines is 1. The Morgan fingerprint density at radius 1 is 1.45 bits per heavy atom. The highest BCUT2D eigenvalue weighted by molar-refractivity contribution is 5.73. The third kappa shape index (κ3) is 2.47. The summed E-state index contributed by atoms with van der Waals surface area (Å²) in [7, 11) is 0. The highest BCUT2D eigenvalue weighted by atomic mass is 16.1. The highest BCUT2D eigenvalue weighted by Crippen LogP contribution is 2.37. The molecule has 0 spiro atoms. The lowest BCUT2D eigenvalue weighted by atomic mass is 10.0. The largest absolute Gasteiger partial charge is 0.357 e. The molecule has 6 nitrogen and oxygen atoms in total. The first-order valence-corrected chi connectivity index (χ1v) is 7.21. The van der Waals surface area contributed by atoms with Crippen molar-refractivity contribution in [3.8, 4) is 0 Å². The molecule has 3 rings (SSSR count). The van der Waals surface area contributed by atoms with Crippen molar-refractivity contribution in [2.24, 2.45) is 0 Å². The molecule has 1 aromatic carbocycles. The number of nitrogens with one attached hydrogen (secondary N) is 2. The van der Waals surface area contributed by atoms with Crippen molar-refractivity contribution in [1.82, 2.24) is 15.5 Å². The molecule has 1 amide bonds. The third-order valence-corrected chi connectivity index (χ3v) is 4.06. The lowest BCUT2D eigenvalue weighted by molar-refractivity contribution is -0.119. The lowest BCUT2D eigenvalue weighted by Crippen LogP contribution is -2.34. The number of carbonyl (C=O) groups excluding carboxylic acids is 1. The van der Waals surface area contributed by atoms with E-state index in [1.807, 2.05) is 12.1 Å². The van der Waals surface area contributed by atoms with Gasteiger partial charge >= 0.3 is 0 Å². The molecule has 0 aliphatic carbocycles. The summed E-state index contributed by atoms with van der Waals surface area (Å²) < 4.78 is 0. The van der Waals surface area contributed by atoms with Crippen LogP contribution in [-0.2, 0) is 11.3 Å². The second kappa shape index (κ2) is 5.63. The Kier molecular flexibility index (Phi) is 3.66. The van der Waals surface area contributed by atoms with E-state index in [1.165, 1.54) is 18.1 Å². The normalized spacial score (nSPS) is 16.5. The van der Waals surface area contributed by atoms with Gasteiger partial charge in [0.15, 0.2) is 0 Å². The second-order valence-corrected chi connectivity index (χ2v) is 5.49. The molecule has 0 fully saturated rings. The van der Waals surface area contributed by atoms with Crippen molar-refractivity contribution in [1.29, 1.82) is 0 Å². The van der Waals surface area contributed by atoms with Crippen LogP contribution < -0.4 is 15.8 Å². The molecule has 6 heteroatoms. The van der Waals surface area contributed by atoms with Gasteiger partial charge in [0, 0.05) is 25.6 Å². The van der Waals surface area contributed by atoms with Crippen molar-refractivity contribution in [3.63, 3.8) is 0 Å². The van der Waals surface area contributed by atoms with Crippen LogP contribution in [0.2, 0.25) is 0 Å². The van der Waals surface area contributed by atoms with Gasteiger partial charge < -0.3 is 10.2 Å². The zero-order valence-corrected chi connectivity index (χ0v) is 12.6. The predicted molar refractivity (Wildman–Crippen MR) is 83.6 cm³/mol. The van der Waals surface area contributed by atoms with E-state index in [4.69, 9.17) is 0 Å². The van der Waals surface area contributed by atoms with Crippen LogP contribution in [0.4, 0.5) is 5.69 Å². The number of benzene rings is 1. The van der Waals surface area contributed by atoms with Crippen LogP contribution in [0.3, 0.4) is 0 Å². The molecular weight excluding hydrogens is 280 g/mol. The molecule has 1 aliphatic heterocycles. The summed E-state index contributed by atoms with van der Waals surface area (Å²) in [4.78, 5) is 25.2. The SMILES string of the molecule is CC(=O)NCC1c2ccccc2CN1c1cn[nH]c(=O)c1C. The van der Waals surface area contributed by atoms with Crippen LogP contribution >= 0.6 is 0 Å². The maximum Gasteiger partial charge on any atom is 0.269 e. The van der Waals surface area contributed by atoms with Gasteiger partial charge in [-0.3, -0.25) is 9.59 Å². The zero-order valence-electron chi connectivity index (χ0n) is 12.6. The first-order chi connectivity index (χ1) is 10.6.